The highest BCUT2D eigenvalue weighted by Gasteiger charge is 2.52. The van der Waals surface area contributed by atoms with Crippen LogP contribution in [0.15, 0.2) is 30.5 Å². The molecule has 0 amide bonds. The summed E-state index contributed by atoms with van der Waals surface area (Å²) < 4.78 is 17.0. The normalized spacial score (nSPS) is 15.6. The quantitative estimate of drug-likeness (QED) is 0.359. The van der Waals surface area contributed by atoms with Crippen LogP contribution in [0.3, 0.4) is 0 Å². The number of aryl methyl sites for hydroxylation is 1. The number of rotatable bonds is 7. The van der Waals surface area contributed by atoms with Crippen molar-refractivity contribution in [3.63, 3.8) is 0 Å². The van der Waals surface area contributed by atoms with Gasteiger partial charge in [-0.05, 0) is 56.5 Å². The molecule has 1 aliphatic rings. The topological polar surface area (TPSA) is 104 Å². The molecule has 0 aliphatic heterocycles. The standard InChI is InChI=1S/C26H27N3O5S/c1-5-34-25(31)26(7-6-8-26)23(30)16-11-15(32-3)12-19-22(16)29-24(35-19)17-9-14(2)10-18-21(17)27-13-20(28-18)33-4/h9-13,23,30H,5-8H2,1-4H3. The summed E-state index contributed by atoms with van der Waals surface area (Å²) in [6, 6.07) is 7.66. The molecule has 0 radical (unpaired) electrons. The number of ether oxygens (including phenoxy) is 3. The molecule has 2 aromatic carbocycles. The molecular formula is C26H27N3O5S. The second-order valence-corrected chi connectivity index (χ2v) is 9.84. The smallest absolute Gasteiger partial charge is 0.315 e. The molecule has 1 saturated carbocycles. The fourth-order valence-corrected chi connectivity index (χ4v) is 5.75. The average Bonchev–Trinajstić information content (AvgIpc) is 3.25. The fourth-order valence-electron chi connectivity index (χ4n) is 4.70. The molecule has 9 heteroatoms. The van der Waals surface area contributed by atoms with Gasteiger partial charge in [0.05, 0.1) is 59.8 Å². The Bertz CT molecular complexity index is 1430. The summed E-state index contributed by atoms with van der Waals surface area (Å²) in [6.45, 7) is 4.04. The molecule has 1 unspecified atom stereocenters. The summed E-state index contributed by atoms with van der Waals surface area (Å²) in [5.41, 5.74) is 3.54. The molecule has 1 fully saturated rings. The van der Waals surface area contributed by atoms with Crippen LogP contribution in [-0.4, -0.2) is 46.9 Å². The van der Waals surface area contributed by atoms with E-state index < -0.39 is 11.5 Å². The fraction of sp³-hybridized carbons (Fsp3) is 0.385. The number of nitrogens with zero attached hydrogens (tertiary/aromatic N) is 3. The summed E-state index contributed by atoms with van der Waals surface area (Å²) in [7, 11) is 3.15. The maximum absolute atomic E-state index is 12.9. The third-order valence-corrected chi connectivity index (χ3v) is 7.72. The van der Waals surface area contributed by atoms with Gasteiger partial charge in [0.25, 0.3) is 0 Å². The van der Waals surface area contributed by atoms with Crippen LogP contribution < -0.4 is 9.47 Å². The molecule has 1 aliphatic carbocycles. The zero-order chi connectivity index (χ0) is 24.7. The minimum atomic E-state index is -1.05. The van der Waals surface area contributed by atoms with Crippen LogP contribution in [0.2, 0.25) is 0 Å². The maximum atomic E-state index is 12.9. The Morgan fingerprint density at radius 2 is 1.94 bits per heavy atom. The zero-order valence-electron chi connectivity index (χ0n) is 20.1. The van der Waals surface area contributed by atoms with E-state index in [9.17, 15) is 9.90 Å². The van der Waals surface area contributed by atoms with Crippen molar-refractivity contribution in [1.82, 2.24) is 15.0 Å². The van der Waals surface area contributed by atoms with Crippen molar-refractivity contribution in [1.29, 1.82) is 0 Å². The molecule has 182 valence electrons. The maximum Gasteiger partial charge on any atom is 0.315 e. The SMILES string of the molecule is CCOC(=O)C1(C(O)c2cc(OC)cc3sc(-c4cc(C)cc5nc(OC)cnc45)nc23)CCC1. The van der Waals surface area contributed by atoms with Gasteiger partial charge in [-0.15, -0.1) is 11.3 Å². The number of aromatic nitrogens is 3. The van der Waals surface area contributed by atoms with Gasteiger partial charge in [-0.2, -0.15) is 0 Å². The van der Waals surface area contributed by atoms with E-state index in [0.717, 1.165) is 27.3 Å². The molecule has 0 spiro atoms. The minimum Gasteiger partial charge on any atom is -0.497 e. The number of hydrogen-bond acceptors (Lipinski definition) is 9. The lowest BCUT2D eigenvalue weighted by molar-refractivity contribution is -0.172. The summed E-state index contributed by atoms with van der Waals surface area (Å²) in [5, 5.41) is 12.3. The second-order valence-electron chi connectivity index (χ2n) is 8.81. The number of aliphatic hydroxyl groups excluding tert-OH is 1. The Hall–Kier alpha value is -3.30. The molecule has 0 bridgehead atoms. The minimum absolute atomic E-state index is 0.272. The van der Waals surface area contributed by atoms with Crippen LogP contribution in [0.4, 0.5) is 0 Å². The lowest BCUT2D eigenvalue weighted by Crippen LogP contribution is -2.44. The van der Waals surface area contributed by atoms with Gasteiger partial charge in [-0.1, -0.05) is 6.42 Å². The number of aliphatic hydroxyl groups is 1. The van der Waals surface area contributed by atoms with Gasteiger partial charge >= 0.3 is 5.97 Å². The summed E-state index contributed by atoms with van der Waals surface area (Å²) >= 11 is 1.48. The summed E-state index contributed by atoms with van der Waals surface area (Å²) in [5.74, 6) is 0.677. The number of fused-ring (bicyclic) bond motifs is 2. The highest BCUT2D eigenvalue weighted by Crippen LogP contribution is 2.53. The van der Waals surface area contributed by atoms with Gasteiger partial charge < -0.3 is 19.3 Å². The predicted molar refractivity (Wildman–Crippen MR) is 134 cm³/mol. The number of esters is 1. The third kappa shape index (κ3) is 3.88. The van der Waals surface area contributed by atoms with E-state index >= 15 is 0 Å². The van der Waals surface area contributed by atoms with Gasteiger partial charge in [0.2, 0.25) is 5.88 Å². The van der Waals surface area contributed by atoms with Crippen molar-refractivity contribution in [3.05, 3.63) is 41.6 Å². The number of carbonyl (C=O) groups is 1. The van der Waals surface area contributed by atoms with E-state index in [1.54, 1.807) is 33.4 Å². The van der Waals surface area contributed by atoms with Crippen LogP contribution in [-0.2, 0) is 9.53 Å². The number of hydrogen-bond donors (Lipinski definition) is 1. The van der Waals surface area contributed by atoms with Crippen molar-refractivity contribution in [2.75, 3.05) is 20.8 Å². The Kier molecular flexibility index (Phi) is 6.06. The van der Waals surface area contributed by atoms with E-state index in [2.05, 4.69) is 9.97 Å². The van der Waals surface area contributed by atoms with E-state index in [1.165, 1.54) is 11.3 Å². The Balaban J connectivity index is 1.68. The number of thiazole rings is 1. The molecule has 1 atom stereocenters. The van der Waals surface area contributed by atoms with E-state index in [1.807, 2.05) is 25.1 Å². The number of methoxy groups -OCH3 is 2. The summed E-state index contributed by atoms with van der Waals surface area (Å²) in [4.78, 5) is 26.9. The first-order valence-corrected chi connectivity index (χ1v) is 12.4. The van der Waals surface area contributed by atoms with Crippen LogP contribution in [0.1, 0.15) is 43.4 Å². The van der Waals surface area contributed by atoms with Gasteiger partial charge in [0.1, 0.15) is 10.8 Å². The highest BCUT2D eigenvalue weighted by atomic mass is 32.1. The first-order chi connectivity index (χ1) is 16.9. The molecule has 2 heterocycles. The van der Waals surface area contributed by atoms with Crippen molar-refractivity contribution < 1.29 is 24.1 Å². The highest BCUT2D eigenvalue weighted by molar-refractivity contribution is 7.21. The van der Waals surface area contributed by atoms with Gasteiger partial charge in [-0.3, -0.25) is 4.79 Å². The lowest BCUT2D eigenvalue weighted by atomic mass is 9.63. The van der Waals surface area contributed by atoms with Crippen molar-refractivity contribution >= 4 is 38.6 Å². The molecule has 35 heavy (non-hydrogen) atoms. The number of carbonyl (C=O) groups excluding carboxylic acids is 1. The molecule has 0 saturated heterocycles. The molecule has 4 aromatic rings. The third-order valence-electron chi connectivity index (χ3n) is 6.69. The molecule has 8 nitrogen and oxygen atoms in total. The molecule has 2 aromatic heterocycles. The first-order valence-electron chi connectivity index (χ1n) is 11.6. The van der Waals surface area contributed by atoms with Gasteiger partial charge in [0.15, 0.2) is 0 Å². The van der Waals surface area contributed by atoms with E-state index in [0.29, 0.717) is 46.6 Å². The van der Waals surface area contributed by atoms with E-state index in [-0.39, 0.29) is 12.6 Å². The average molecular weight is 494 g/mol. The Morgan fingerprint density at radius 1 is 1.14 bits per heavy atom. The van der Waals surface area contributed by atoms with Crippen LogP contribution in [0, 0.1) is 12.3 Å². The second kappa shape index (κ2) is 9.05. The van der Waals surface area contributed by atoms with Gasteiger partial charge in [-0.25, -0.2) is 15.0 Å². The van der Waals surface area contributed by atoms with Crippen molar-refractivity contribution in [2.45, 2.75) is 39.2 Å². The molecule has 5 rings (SSSR count). The Morgan fingerprint density at radius 3 is 2.60 bits per heavy atom. The van der Waals surface area contributed by atoms with Crippen molar-refractivity contribution in [3.8, 4) is 22.2 Å². The zero-order valence-corrected chi connectivity index (χ0v) is 20.9. The summed E-state index contributed by atoms with van der Waals surface area (Å²) in [6.07, 6.45) is 2.54. The lowest BCUT2D eigenvalue weighted by Gasteiger charge is -2.42. The predicted octanol–water partition coefficient (Wildman–Crippen LogP) is 5.00. The largest absolute Gasteiger partial charge is 0.497 e. The van der Waals surface area contributed by atoms with E-state index in [4.69, 9.17) is 19.2 Å². The Labute approximate surface area is 206 Å². The first kappa shape index (κ1) is 23.4. The van der Waals surface area contributed by atoms with Gasteiger partial charge in [0, 0.05) is 11.1 Å². The molecular weight excluding hydrogens is 466 g/mol. The van der Waals surface area contributed by atoms with Crippen LogP contribution >= 0.6 is 11.3 Å². The number of benzene rings is 2. The van der Waals surface area contributed by atoms with Crippen molar-refractivity contribution in [2.24, 2.45) is 5.41 Å². The monoisotopic (exact) mass is 493 g/mol. The van der Waals surface area contributed by atoms with Crippen LogP contribution in [0.25, 0.3) is 31.8 Å². The molecule has 1 N–H and O–H groups in total. The van der Waals surface area contributed by atoms with Crippen LogP contribution in [0.5, 0.6) is 11.6 Å².